The average Bonchev–Trinajstić information content (AvgIpc) is 3.28. The van der Waals surface area contributed by atoms with Crippen molar-refractivity contribution in [1.82, 2.24) is 5.32 Å². The molecule has 2 unspecified atom stereocenters. The van der Waals surface area contributed by atoms with E-state index in [9.17, 15) is 15.0 Å². The molecular formula is C58H91NO3. The highest BCUT2D eigenvalue weighted by Crippen LogP contribution is 2.13. The number of hydrogen-bond donors (Lipinski definition) is 3. The molecule has 2 atom stereocenters. The van der Waals surface area contributed by atoms with E-state index >= 15 is 0 Å². The lowest BCUT2D eigenvalue weighted by molar-refractivity contribution is -0.123. The molecule has 0 aliphatic carbocycles. The van der Waals surface area contributed by atoms with Gasteiger partial charge < -0.3 is 15.5 Å². The number of amides is 1. The standard InChI is InChI=1S/C58H91NO3/c1-3-5-7-9-11-13-14-15-16-17-18-19-20-21-22-23-24-25-26-27-28-29-30-31-32-33-34-35-36-37-38-39-40-41-42-43-44-46-48-50-52-54-58(62)59-56(55-60)57(61)53-51-49-47-45-12-10-8-6-4-2/h4-7,11-13,15-16,18-19,21-22,24-25,27-28,30-31,33-34,36-37,45,51,53,56-57,60-61H,3,8-10,14,17,20,23,26,29,32,35,38-44,46-50,52,54-55H2,1-2H3,(H,59,62)/b6-4+,7-5-,13-11-,16-15-,19-18-,22-21-,25-24-,28-27-,31-30-,34-33-,37-36-,45-12+,53-51+. The molecule has 0 heterocycles. The molecule has 3 N–H and O–H groups in total. The Labute approximate surface area is 382 Å². The van der Waals surface area contributed by atoms with E-state index < -0.39 is 12.1 Å². The van der Waals surface area contributed by atoms with Crippen molar-refractivity contribution >= 4 is 5.91 Å². The summed E-state index contributed by atoms with van der Waals surface area (Å²) in [5, 5.41) is 22.8. The molecule has 0 aromatic carbocycles. The van der Waals surface area contributed by atoms with Crippen LogP contribution in [0.3, 0.4) is 0 Å². The number of aliphatic hydroxyl groups is 2. The smallest absolute Gasteiger partial charge is 0.220 e. The second-order valence-corrected chi connectivity index (χ2v) is 15.8. The summed E-state index contributed by atoms with van der Waals surface area (Å²) in [5.41, 5.74) is 0. The van der Waals surface area contributed by atoms with Gasteiger partial charge in [0.1, 0.15) is 0 Å². The number of allylic oxidation sites excluding steroid dienone is 25. The van der Waals surface area contributed by atoms with Gasteiger partial charge in [0.25, 0.3) is 0 Å². The van der Waals surface area contributed by atoms with Gasteiger partial charge in [-0.1, -0.05) is 216 Å². The van der Waals surface area contributed by atoms with Crippen molar-refractivity contribution in [1.29, 1.82) is 0 Å². The number of carbonyl (C=O) groups excluding carboxylic acids is 1. The van der Waals surface area contributed by atoms with Crippen LogP contribution in [0, 0.1) is 0 Å². The van der Waals surface area contributed by atoms with E-state index in [-0.39, 0.29) is 12.5 Å². The Bertz CT molecular complexity index is 1380. The summed E-state index contributed by atoms with van der Waals surface area (Å²) in [4.78, 5) is 12.3. The summed E-state index contributed by atoms with van der Waals surface area (Å²) in [7, 11) is 0. The SMILES string of the molecule is C/C=C/CC/C=C/CC/C=C/C(O)C(CO)NC(=O)CCCCCCCCCCCC/C=C\C/C=C\C/C=C\C/C=C\C/C=C\C/C=C\C/C=C\C/C=C\C/C=C\C/C=C\CC. The predicted molar refractivity (Wildman–Crippen MR) is 275 cm³/mol. The molecule has 0 saturated heterocycles. The van der Waals surface area contributed by atoms with E-state index in [4.69, 9.17) is 0 Å². The molecule has 0 spiro atoms. The van der Waals surface area contributed by atoms with Crippen LogP contribution in [0.1, 0.15) is 181 Å². The molecule has 0 aliphatic heterocycles. The van der Waals surface area contributed by atoms with Crippen molar-refractivity contribution in [2.75, 3.05) is 6.61 Å². The van der Waals surface area contributed by atoms with Gasteiger partial charge in [0.15, 0.2) is 0 Å². The van der Waals surface area contributed by atoms with Crippen LogP contribution in [0.15, 0.2) is 158 Å². The Balaban J connectivity index is 3.63. The molecule has 4 heteroatoms. The van der Waals surface area contributed by atoms with E-state index in [1.54, 1.807) is 6.08 Å². The van der Waals surface area contributed by atoms with E-state index in [1.165, 1.54) is 51.4 Å². The Morgan fingerprint density at radius 3 is 1.13 bits per heavy atom. The first kappa shape index (κ1) is 58.0. The number of unbranched alkanes of at least 4 members (excludes halogenated alkanes) is 12. The zero-order valence-electron chi connectivity index (χ0n) is 39.6. The van der Waals surface area contributed by atoms with E-state index in [1.807, 2.05) is 13.0 Å². The molecule has 0 radical (unpaired) electrons. The molecule has 0 aliphatic rings. The minimum absolute atomic E-state index is 0.0944. The Hall–Kier alpha value is -3.99. The zero-order valence-corrected chi connectivity index (χ0v) is 39.6. The third-order valence-electron chi connectivity index (χ3n) is 10.1. The molecule has 0 bridgehead atoms. The maximum absolute atomic E-state index is 12.3. The highest BCUT2D eigenvalue weighted by Gasteiger charge is 2.17. The lowest BCUT2D eigenvalue weighted by Gasteiger charge is -2.19. The molecule has 346 valence electrons. The topological polar surface area (TPSA) is 69.6 Å². The van der Waals surface area contributed by atoms with Crippen molar-refractivity contribution in [3.8, 4) is 0 Å². The summed E-state index contributed by atoms with van der Waals surface area (Å²) >= 11 is 0. The molecule has 0 saturated carbocycles. The third kappa shape index (κ3) is 47.1. The molecular weight excluding hydrogens is 759 g/mol. The Morgan fingerprint density at radius 1 is 0.419 bits per heavy atom. The maximum atomic E-state index is 12.3. The Morgan fingerprint density at radius 2 is 0.742 bits per heavy atom. The van der Waals surface area contributed by atoms with Crippen molar-refractivity contribution < 1.29 is 15.0 Å². The van der Waals surface area contributed by atoms with Crippen LogP contribution in [0.5, 0.6) is 0 Å². The number of rotatable bonds is 42. The molecule has 0 rings (SSSR count). The van der Waals surface area contributed by atoms with Gasteiger partial charge in [-0.3, -0.25) is 4.79 Å². The van der Waals surface area contributed by atoms with Gasteiger partial charge in [-0.2, -0.15) is 0 Å². The predicted octanol–water partition coefficient (Wildman–Crippen LogP) is 16.2. The normalized spacial score (nSPS) is 14.3. The molecule has 0 aromatic rings. The van der Waals surface area contributed by atoms with Crippen LogP contribution >= 0.6 is 0 Å². The summed E-state index contributed by atoms with van der Waals surface area (Å²) in [6.45, 7) is 3.92. The number of hydrogen-bond acceptors (Lipinski definition) is 3. The fourth-order valence-corrected chi connectivity index (χ4v) is 6.36. The second-order valence-electron chi connectivity index (χ2n) is 15.8. The van der Waals surface area contributed by atoms with Gasteiger partial charge in [0, 0.05) is 6.42 Å². The van der Waals surface area contributed by atoms with Gasteiger partial charge in [0.2, 0.25) is 5.91 Å². The maximum Gasteiger partial charge on any atom is 0.220 e. The van der Waals surface area contributed by atoms with Crippen molar-refractivity contribution in [3.63, 3.8) is 0 Å². The number of carbonyl (C=O) groups is 1. The minimum Gasteiger partial charge on any atom is -0.394 e. The summed E-state index contributed by atoms with van der Waals surface area (Å²) in [6, 6.07) is -0.656. The number of aliphatic hydroxyl groups excluding tert-OH is 2. The van der Waals surface area contributed by atoms with Gasteiger partial charge in [-0.15, -0.1) is 0 Å². The molecule has 1 amide bonds. The summed E-state index contributed by atoms with van der Waals surface area (Å²) < 4.78 is 0. The fraction of sp³-hybridized carbons (Fsp3) is 0.534. The van der Waals surface area contributed by atoms with Gasteiger partial charge in [-0.05, 0) is 116 Å². The van der Waals surface area contributed by atoms with Gasteiger partial charge in [-0.25, -0.2) is 0 Å². The monoisotopic (exact) mass is 850 g/mol. The van der Waals surface area contributed by atoms with Gasteiger partial charge in [0.05, 0.1) is 18.8 Å². The van der Waals surface area contributed by atoms with E-state index in [2.05, 4.69) is 158 Å². The fourth-order valence-electron chi connectivity index (χ4n) is 6.36. The first-order valence-electron chi connectivity index (χ1n) is 24.7. The van der Waals surface area contributed by atoms with Crippen LogP contribution in [-0.2, 0) is 4.79 Å². The van der Waals surface area contributed by atoms with Crippen LogP contribution < -0.4 is 5.32 Å². The summed E-state index contributed by atoms with van der Waals surface area (Å²) in [6.07, 6.45) is 84.0. The molecule has 4 nitrogen and oxygen atoms in total. The first-order valence-corrected chi connectivity index (χ1v) is 24.7. The van der Waals surface area contributed by atoms with E-state index in [0.29, 0.717) is 6.42 Å². The number of nitrogens with one attached hydrogen (secondary N) is 1. The van der Waals surface area contributed by atoms with Crippen molar-refractivity contribution in [2.45, 2.75) is 193 Å². The Kier molecular flexibility index (Phi) is 48.1. The van der Waals surface area contributed by atoms with E-state index in [0.717, 1.165) is 109 Å². The largest absolute Gasteiger partial charge is 0.394 e. The highest BCUT2D eigenvalue weighted by atomic mass is 16.3. The average molecular weight is 850 g/mol. The lowest BCUT2D eigenvalue weighted by Crippen LogP contribution is -2.45. The van der Waals surface area contributed by atoms with Crippen LogP contribution in [0.25, 0.3) is 0 Å². The third-order valence-corrected chi connectivity index (χ3v) is 10.1. The van der Waals surface area contributed by atoms with Gasteiger partial charge >= 0.3 is 0 Å². The molecule has 0 fully saturated rings. The lowest BCUT2D eigenvalue weighted by atomic mass is 10.0. The second kappa shape index (κ2) is 51.4. The first-order chi connectivity index (χ1) is 30.7. The van der Waals surface area contributed by atoms with Crippen LogP contribution in [-0.4, -0.2) is 34.9 Å². The van der Waals surface area contributed by atoms with Crippen LogP contribution in [0.4, 0.5) is 0 Å². The molecule has 62 heavy (non-hydrogen) atoms. The summed E-state index contributed by atoms with van der Waals surface area (Å²) in [5.74, 6) is -0.0944. The molecule has 0 aromatic heterocycles. The van der Waals surface area contributed by atoms with Crippen LogP contribution in [0.2, 0.25) is 0 Å². The minimum atomic E-state index is -0.879. The van der Waals surface area contributed by atoms with Crippen molar-refractivity contribution in [3.05, 3.63) is 158 Å². The quantitative estimate of drug-likeness (QED) is 0.0423. The zero-order chi connectivity index (χ0) is 44.9. The highest BCUT2D eigenvalue weighted by molar-refractivity contribution is 5.76. The van der Waals surface area contributed by atoms with Crippen molar-refractivity contribution in [2.24, 2.45) is 0 Å².